The second kappa shape index (κ2) is 6.81. The number of ether oxygens (including phenoxy) is 1. The van der Waals surface area contributed by atoms with Crippen LogP contribution in [0.4, 0.5) is 4.79 Å². The molecule has 0 spiro atoms. The molecule has 1 amide bonds. The van der Waals surface area contributed by atoms with Crippen LogP contribution in [0, 0.1) is 0 Å². The Morgan fingerprint density at radius 3 is 2.68 bits per heavy atom. The van der Waals surface area contributed by atoms with Crippen molar-refractivity contribution in [3.8, 4) is 0 Å². The molecule has 1 aliphatic heterocycles. The molecule has 0 aliphatic carbocycles. The zero-order valence-electron chi connectivity index (χ0n) is 13.7. The summed E-state index contributed by atoms with van der Waals surface area (Å²) in [5.41, 5.74) is 0.431. The summed E-state index contributed by atoms with van der Waals surface area (Å²) in [7, 11) is -0.684. The van der Waals surface area contributed by atoms with Crippen molar-refractivity contribution in [2.75, 3.05) is 11.5 Å². The van der Waals surface area contributed by atoms with Crippen LogP contribution in [0.3, 0.4) is 0 Å². The summed E-state index contributed by atoms with van der Waals surface area (Å²) in [6.07, 6.45) is 4.90. The van der Waals surface area contributed by atoms with Gasteiger partial charge in [0.15, 0.2) is 0 Å². The van der Waals surface area contributed by atoms with Gasteiger partial charge in [0, 0.05) is 28.3 Å². The van der Waals surface area contributed by atoms with Gasteiger partial charge in [-0.25, -0.2) is 9.78 Å². The van der Waals surface area contributed by atoms with E-state index in [0.29, 0.717) is 6.04 Å². The standard InChI is InChI=1S/C15H25N3O3S/c1-11(17-14(19)21-15(2,3)4)13-9-16-10-18(13)12-5-7-22(20)8-6-12/h9-12H,5-8H2,1-4H3,(H,17,19)/t11-,12?,22?/m0/s1. The first kappa shape index (κ1) is 17.0. The number of alkyl carbamates (subject to hydrolysis) is 1. The fourth-order valence-electron chi connectivity index (χ4n) is 2.57. The van der Waals surface area contributed by atoms with Crippen LogP contribution in [0.25, 0.3) is 0 Å². The first-order valence-corrected chi connectivity index (χ1v) is 9.11. The van der Waals surface area contributed by atoms with Crippen molar-refractivity contribution >= 4 is 16.9 Å². The lowest BCUT2D eigenvalue weighted by Crippen LogP contribution is -2.35. The van der Waals surface area contributed by atoms with Gasteiger partial charge in [-0.1, -0.05) is 0 Å². The molecule has 1 N–H and O–H groups in total. The number of hydrogen-bond donors (Lipinski definition) is 1. The van der Waals surface area contributed by atoms with Crippen molar-refractivity contribution in [2.24, 2.45) is 0 Å². The van der Waals surface area contributed by atoms with Crippen LogP contribution in [0.2, 0.25) is 0 Å². The van der Waals surface area contributed by atoms with Crippen molar-refractivity contribution in [1.29, 1.82) is 0 Å². The van der Waals surface area contributed by atoms with Crippen LogP contribution in [0.5, 0.6) is 0 Å². The van der Waals surface area contributed by atoms with Crippen LogP contribution in [0.15, 0.2) is 12.5 Å². The number of carbonyl (C=O) groups excluding carboxylic acids is 1. The zero-order valence-corrected chi connectivity index (χ0v) is 14.5. The lowest BCUT2D eigenvalue weighted by molar-refractivity contribution is 0.0505. The summed E-state index contributed by atoms with van der Waals surface area (Å²) in [4.78, 5) is 16.1. The van der Waals surface area contributed by atoms with E-state index in [-0.39, 0.29) is 6.04 Å². The van der Waals surface area contributed by atoms with Crippen molar-refractivity contribution < 1.29 is 13.7 Å². The minimum absolute atomic E-state index is 0.190. The molecule has 0 saturated carbocycles. The maximum atomic E-state index is 11.9. The van der Waals surface area contributed by atoms with Gasteiger partial charge in [0.05, 0.1) is 24.3 Å². The Labute approximate surface area is 134 Å². The SMILES string of the molecule is C[C@H](NC(=O)OC(C)(C)C)c1cncn1C1CCS(=O)CC1. The Morgan fingerprint density at radius 2 is 2.09 bits per heavy atom. The predicted molar refractivity (Wildman–Crippen MR) is 86.2 cm³/mol. The average molecular weight is 327 g/mol. The molecule has 124 valence electrons. The van der Waals surface area contributed by atoms with Gasteiger partial charge in [0.25, 0.3) is 0 Å². The summed E-state index contributed by atoms with van der Waals surface area (Å²) in [5.74, 6) is 1.46. The maximum absolute atomic E-state index is 11.9. The van der Waals surface area contributed by atoms with Crippen molar-refractivity contribution in [3.63, 3.8) is 0 Å². The highest BCUT2D eigenvalue weighted by Gasteiger charge is 2.24. The van der Waals surface area contributed by atoms with Gasteiger partial charge in [-0.2, -0.15) is 0 Å². The number of hydrogen-bond acceptors (Lipinski definition) is 4. The Hall–Kier alpha value is -1.37. The lowest BCUT2D eigenvalue weighted by Gasteiger charge is -2.27. The second-order valence-electron chi connectivity index (χ2n) is 6.67. The highest BCUT2D eigenvalue weighted by molar-refractivity contribution is 7.85. The van der Waals surface area contributed by atoms with E-state index in [2.05, 4.69) is 14.9 Å². The van der Waals surface area contributed by atoms with E-state index in [4.69, 9.17) is 4.74 Å². The minimum atomic E-state index is -0.684. The van der Waals surface area contributed by atoms with Gasteiger partial charge in [-0.05, 0) is 40.5 Å². The molecule has 1 fully saturated rings. The number of nitrogens with one attached hydrogen (secondary N) is 1. The molecule has 2 heterocycles. The van der Waals surface area contributed by atoms with E-state index in [0.717, 1.165) is 30.0 Å². The molecule has 22 heavy (non-hydrogen) atoms. The first-order valence-electron chi connectivity index (χ1n) is 7.62. The van der Waals surface area contributed by atoms with Gasteiger partial charge in [0.2, 0.25) is 0 Å². The topological polar surface area (TPSA) is 73.2 Å². The van der Waals surface area contributed by atoms with Crippen LogP contribution < -0.4 is 5.32 Å². The summed E-state index contributed by atoms with van der Waals surface area (Å²) < 4.78 is 18.9. The normalized spacial score (nSPS) is 23.8. The molecule has 1 saturated heterocycles. The average Bonchev–Trinajstić information content (AvgIpc) is 2.86. The molecule has 0 unspecified atom stereocenters. The molecule has 1 aromatic rings. The lowest BCUT2D eigenvalue weighted by atomic mass is 10.1. The number of carbonyl (C=O) groups is 1. The van der Waals surface area contributed by atoms with E-state index in [9.17, 15) is 9.00 Å². The monoisotopic (exact) mass is 327 g/mol. The smallest absolute Gasteiger partial charge is 0.408 e. The maximum Gasteiger partial charge on any atom is 0.408 e. The Balaban J connectivity index is 2.02. The third kappa shape index (κ3) is 4.56. The molecular weight excluding hydrogens is 302 g/mol. The van der Waals surface area contributed by atoms with Gasteiger partial charge in [0.1, 0.15) is 5.60 Å². The van der Waals surface area contributed by atoms with Crippen molar-refractivity contribution in [1.82, 2.24) is 14.9 Å². The predicted octanol–water partition coefficient (Wildman–Crippen LogP) is 2.55. The summed E-state index contributed by atoms with van der Waals surface area (Å²) in [6, 6.07) is 0.114. The van der Waals surface area contributed by atoms with Gasteiger partial charge < -0.3 is 14.6 Å². The quantitative estimate of drug-likeness (QED) is 0.926. The summed E-state index contributed by atoms with van der Waals surface area (Å²) in [5, 5.41) is 2.85. The van der Waals surface area contributed by atoms with Crippen LogP contribution in [-0.2, 0) is 15.5 Å². The zero-order chi connectivity index (χ0) is 16.3. The van der Waals surface area contributed by atoms with Crippen molar-refractivity contribution in [3.05, 3.63) is 18.2 Å². The van der Waals surface area contributed by atoms with E-state index in [1.807, 2.05) is 27.7 Å². The largest absolute Gasteiger partial charge is 0.444 e. The van der Waals surface area contributed by atoms with Gasteiger partial charge >= 0.3 is 6.09 Å². The van der Waals surface area contributed by atoms with Gasteiger partial charge in [-0.3, -0.25) is 4.21 Å². The third-order valence-corrected chi connectivity index (χ3v) is 5.01. The number of amides is 1. The third-order valence-electron chi connectivity index (χ3n) is 3.62. The summed E-state index contributed by atoms with van der Waals surface area (Å²) >= 11 is 0. The second-order valence-corrected chi connectivity index (χ2v) is 8.37. The number of imidazole rings is 1. The van der Waals surface area contributed by atoms with E-state index in [1.54, 1.807) is 12.5 Å². The molecule has 1 atom stereocenters. The fraction of sp³-hybridized carbons (Fsp3) is 0.733. The molecule has 0 bridgehead atoms. The molecule has 1 aliphatic rings. The Bertz CT molecular complexity index is 540. The molecule has 0 radical (unpaired) electrons. The highest BCUT2D eigenvalue weighted by atomic mass is 32.2. The first-order chi connectivity index (χ1) is 10.3. The number of rotatable bonds is 3. The minimum Gasteiger partial charge on any atom is -0.444 e. The molecule has 7 heteroatoms. The van der Waals surface area contributed by atoms with Crippen LogP contribution >= 0.6 is 0 Å². The van der Waals surface area contributed by atoms with E-state index < -0.39 is 22.5 Å². The Morgan fingerprint density at radius 1 is 1.45 bits per heavy atom. The van der Waals surface area contributed by atoms with E-state index in [1.165, 1.54) is 0 Å². The van der Waals surface area contributed by atoms with Crippen LogP contribution in [0.1, 0.15) is 58.3 Å². The highest BCUT2D eigenvalue weighted by Crippen LogP contribution is 2.26. The van der Waals surface area contributed by atoms with E-state index >= 15 is 0 Å². The van der Waals surface area contributed by atoms with Crippen molar-refractivity contribution in [2.45, 2.75) is 58.2 Å². The molecule has 0 aromatic carbocycles. The number of aromatic nitrogens is 2. The molecule has 6 nitrogen and oxygen atoms in total. The Kier molecular flexibility index (Phi) is 5.26. The van der Waals surface area contributed by atoms with Gasteiger partial charge in [-0.15, -0.1) is 0 Å². The molecule has 2 rings (SSSR count). The molecular formula is C15H25N3O3S. The summed E-state index contributed by atoms with van der Waals surface area (Å²) in [6.45, 7) is 7.43. The fourth-order valence-corrected chi connectivity index (χ4v) is 3.85. The van der Waals surface area contributed by atoms with Crippen LogP contribution in [-0.4, -0.2) is 37.0 Å². The molecule has 1 aromatic heterocycles. The number of nitrogens with zero attached hydrogens (tertiary/aromatic N) is 2.